The van der Waals surface area contributed by atoms with Crippen LogP contribution in [-0.2, 0) is 11.3 Å². The molecule has 1 aromatic rings. The number of nitrogens with two attached hydrogens (primary N) is 1. The van der Waals surface area contributed by atoms with Crippen molar-refractivity contribution in [1.29, 1.82) is 0 Å². The first-order chi connectivity index (χ1) is 8.02. The molecule has 94 valence electrons. The van der Waals surface area contributed by atoms with Crippen molar-refractivity contribution in [2.45, 2.75) is 13.0 Å². The fourth-order valence-electron chi connectivity index (χ4n) is 1.50. The second-order valence-corrected chi connectivity index (χ2v) is 4.44. The van der Waals surface area contributed by atoms with Gasteiger partial charge in [-0.2, -0.15) is 0 Å². The smallest absolute Gasteiger partial charge is 0.221 e. The first kappa shape index (κ1) is 13.8. The predicted octanol–water partition coefficient (Wildman–Crippen LogP) is 1.49. The minimum Gasteiger partial charge on any atom is -0.398 e. The molecule has 0 spiro atoms. The molecular weight excluding hydrogens is 238 g/mol. The molecule has 17 heavy (non-hydrogen) atoms. The first-order valence-electron chi connectivity index (χ1n) is 5.46. The Labute approximate surface area is 107 Å². The van der Waals surface area contributed by atoms with Crippen LogP contribution in [0.15, 0.2) is 18.2 Å². The van der Waals surface area contributed by atoms with Crippen molar-refractivity contribution in [2.24, 2.45) is 0 Å². The minimum absolute atomic E-state index is 0.0379. The van der Waals surface area contributed by atoms with Gasteiger partial charge < -0.3 is 16.0 Å². The van der Waals surface area contributed by atoms with Crippen LogP contribution in [0, 0.1) is 0 Å². The Morgan fingerprint density at radius 2 is 2.24 bits per heavy atom. The van der Waals surface area contributed by atoms with Crippen LogP contribution in [-0.4, -0.2) is 31.4 Å². The molecule has 0 unspecified atom stereocenters. The van der Waals surface area contributed by atoms with Gasteiger partial charge in [-0.1, -0.05) is 11.6 Å². The topological polar surface area (TPSA) is 58.4 Å². The molecule has 3 N–H and O–H groups in total. The predicted molar refractivity (Wildman–Crippen MR) is 70.9 cm³/mol. The molecule has 0 saturated heterocycles. The highest BCUT2D eigenvalue weighted by atomic mass is 35.5. The van der Waals surface area contributed by atoms with Crippen LogP contribution < -0.4 is 11.1 Å². The number of nitrogens with one attached hydrogen (secondary N) is 1. The van der Waals surface area contributed by atoms with Gasteiger partial charge in [0.2, 0.25) is 5.91 Å². The van der Waals surface area contributed by atoms with Crippen molar-refractivity contribution in [2.75, 3.05) is 26.4 Å². The lowest BCUT2D eigenvalue weighted by Gasteiger charge is -2.17. The fraction of sp³-hybridized carbons (Fsp3) is 0.417. The lowest BCUT2D eigenvalue weighted by atomic mass is 10.1. The number of nitrogen functional groups attached to an aromatic ring is 1. The van der Waals surface area contributed by atoms with Crippen molar-refractivity contribution >= 4 is 23.2 Å². The maximum absolute atomic E-state index is 11.1. The van der Waals surface area contributed by atoms with Crippen molar-refractivity contribution in [1.82, 2.24) is 10.2 Å². The van der Waals surface area contributed by atoms with E-state index in [4.69, 9.17) is 17.3 Å². The number of carbonyl (C=O) groups excluding carboxylic acids is 1. The van der Waals surface area contributed by atoms with Crippen LogP contribution in [0.3, 0.4) is 0 Å². The van der Waals surface area contributed by atoms with Gasteiger partial charge in [-0.05, 0) is 30.8 Å². The molecule has 0 bridgehead atoms. The quantitative estimate of drug-likeness (QED) is 0.784. The summed E-state index contributed by atoms with van der Waals surface area (Å²) in [4.78, 5) is 13.1. The highest BCUT2D eigenvalue weighted by Crippen LogP contribution is 2.19. The number of amides is 1. The molecule has 1 aromatic carbocycles. The Bertz CT molecular complexity index is 395. The molecule has 1 amide bonds. The van der Waals surface area contributed by atoms with Crippen LogP contribution in [0.2, 0.25) is 5.02 Å². The average molecular weight is 256 g/mol. The highest BCUT2D eigenvalue weighted by Gasteiger charge is 2.06. The van der Waals surface area contributed by atoms with Crippen molar-refractivity contribution in [3.8, 4) is 0 Å². The van der Waals surface area contributed by atoms with E-state index in [1.165, 1.54) is 0 Å². The molecule has 0 aliphatic carbocycles. The Morgan fingerprint density at radius 3 is 2.88 bits per heavy atom. The summed E-state index contributed by atoms with van der Waals surface area (Å²) in [5, 5.41) is 3.27. The van der Waals surface area contributed by atoms with E-state index in [1.54, 1.807) is 19.2 Å². The van der Waals surface area contributed by atoms with Crippen LogP contribution in [0.4, 0.5) is 5.69 Å². The summed E-state index contributed by atoms with van der Waals surface area (Å²) in [5.74, 6) is 0.0379. The Morgan fingerprint density at radius 1 is 1.53 bits per heavy atom. The largest absolute Gasteiger partial charge is 0.398 e. The highest BCUT2D eigenvalue weighted by molar-refractivity contribution is 6.30. The molecule has 0 aromatic heterocycles. The van der Waals surface area contributed by atoms with Gasteiger partial charge in [0.25, 0.3) is 0 Å². The van der Waals surface area contributed by atoms with Crippen LogP contribution in [0.5, 0.6) is 0 Å². The number of nitrogens with zero attached hydrogens (tertiary/aromatic N) is 1. The van der Waals surface area contributed by atoms with Crippen LogP contribution >= 0.6 is 11.6 Å². The maximum atomic E-state index is 11.1. The molecule has 0 saturated carbocycles. The summed E-state index contributed by atoms with van der Waals surface area (Å²) in [5.41, 5.74) is 7.56. The number of carbonyl (C=O) groups is 1. The standard InChI is InChI=1S/C12H18ClN3O/c1-15-12(17)5-6-16(2)8-9-7-10(13)3-4-11(9)14/h3-4,7H,5-6,8,14H2,1-2H3,(H,15,17). The van der Waals surface area contributed by atoms with E-state index in [1.807, 2.05) is 18.0 Å². The van der Waals surface area contributed by atoms with Gasteiger partial charge in [0.05, 0.1) is 0 Å². The van der Waals surface area contributed by atoms with Crippen molar-refractivity contribution < 1.29 is 4.79 Å². The Hall–Kier alpha value is -1.26. The molecule has 5 heteroatoms. The summed E-state index contributed by atoms with van der Waals surface area (Å²) < 4.78 is 0. The van der Waals surface area contributed by atoms with Gasteiger partial charge in [-0.15, -0.1) is 0 Å². The lowest BCUT2D eigenvalue weighted by molar-refractivity contribution is -0.120. The zero-order valence-electron chi connectivity index (χ0n) is 10.2. The van der Waals surface area contributed by atoms with Crippen LogP contribution in [0.25, 0.3) is 0 Å². The van der Waals surface area contributed by atoms with Crippen molar-refractivity contribution in [3.63, 3.8) is 0 Å². The van der Waals surface area contributed by atoms with E-state index < -0.39 is 0 Å². The molecular formula is C12H18ClN3O. The number of hydrogen-bond donors (Lipinski definition) is 2. The van der Waals surface area contributed by atoms with Crippen LogP contribution in [0.1, 0.15) is 12.0 Å². The fourth-order valence-corrected chi connectivity index (χ4v) is 1.69. The average Bonchev–Trinajstić information content (AvgIpc) is 2.30. The monoisotopic (exact) mass is 255 g/mol. The molecule has 0 heterocycles. The molecule has 0 aliphatic rings. The second-order valence-electron chi connectivity index (χ2n) is 4.00. The van der Waals surface area contributed by atoms with Gasteiger partial charge in [-0.3, -0.25) is 4.79 Å². The van der Waals surface area contributed by atoms with E-state index in [9.17, 15) is 4.79 Å². The number of rotatable bonds is 5. The number of halogens is 1. The first-order valence-corrected chi connectivity index (χ1v) is 5.83. The lowest BCUT2D eigenvalue weighted by Crippen LogP contribution is -2.26. The molecule has 1 rings (SSSR count). The molecule has 4 nitrogen and oxygen atoms in total. The SMILES string of the molecule is CNC(=O)CCN(C)Cc1cc(Cl)ccc1N. The molecule has 0 aliphatic heterocycles. The number of benzene rings is 1. The van der Waals surface area contributed by atoms with E-state index in [2.05, 4.69) is 5.32 Å². The summed E-state index contributed by atoms with van der Waals surface area (Å²) >= 11 is 5.91. The second kappa shape index (κ2) is 6.47. The van der Waals surface area contributed by atoms with E-state index in [-0.39, 0.29) is 5.91 Å². The molecule has 0 fully saturated rings. The molecule has 0 radical (unpaired) electrons. The summed E-state index contributed by atoms with van der Waals surface area (Å²) in [6.45, 7) is 1.37. The maximum Gasteiger partial charge on any atom is 0.221 e. The Balaban J connectivity index is 2.52. The van der Waals surface area contributed by atoms with Gasteiger partial charge in [-0.25, -0.2) is 0 Å². The number of anilines is 1. The Kier molecular flexibility index (Phi) is 5.25. The number of hydrogen-bond acceptors (Lipinski definition) is 3. The van der Waals surface area contributed by atoms with E-state index in [0.717, 1.165) is 11.3 Å². The van der Waals surface area contributed by atoms with E-state index in [0.29, 0.717) is 24.5 Å². The van der Waals surface area contributed by atoms with Gasteiger partial charge in [0.1, 0.15) is 0 Å². The zero-order chi connectivity index (χ0) is 12.8. The third-order valence-electron chi connectivity index (χ3n) is 2.54. The van der Waals surface area contributed by atoms with E-state index >= 15 is 0 Å². The van der Waals surface area contributed by atoms with Crippen molar-refractivity contribution in [3.05, 3.63) is 28.8 Å². The van der Waals surface area contributed by atoms with Gasteiger partial charge in [0.15, 0.2) is 0 Å². The summed E-state index contributed by atoms with van der Waals surface area (Å²) in [6, 6.07) is 5.42. The summed E-state index contributed by atoms with van der Waals surface area (Å²) in [7, 11) is 3.58. The van der Waals surface area contributed by atoms with Gasteiger partial charge >= 0.3 is 0 Å². The third-order valence-corrected chi connectivity index (χ3v) is 2.78. The minimum atomic E-state index is 0.0379. The third kappa shape index (κ3) is 4.63. The molecule has 0 atom stereocenters. The van der Waals surface area contributed by atoms with Gasteiger partial charge in [0, 0.05) is 37.3 Å². The normalized spacial score (nSPS) is 10.6. The zero-order valence-corrected chi connectivity index (χ0v) is 10.9. The summed E-state index contributed by atoms with van der Waals surface area (Å²) in [6.07, 6.45) is 0.480.